The van der Waals surface area contributed by atoms with Gasteiger partial charge in [-0.25, -0.2) is 0 Å². The van der Waals surface area contributed by atoms with Crippen molar-refractivity contribution in [2.75, 3.05) is 18.9 Å². The molecule has 2 aromatic rings. The number of likely N-dealkylation sites (N-methyl/N-ethyl adjacent to an activating group) is 1. The van der Waals surface area contributed by atoms with Crippen LogP contribution in [0.25, 0.3) is 0 Å². The smallest absolute Gasteiger partial charge is 0.244 e. The Labute approximate surface area is 149 Å². The van der Waals surface area contributed by atoms with Crippen LogP contribution in [0.5, 0.6) is 0 Å². The molecule has 6 heteroatoms. The van der Waals surface area contributed by atoms with E-state index in [1.165, 1.54) is 0 Å². The number of anilines is 1. The van der Waals surface area contributed by atoms with Gasteiger partial charge in [0.05, 0.1) is 24.7 Å². The van der Waals surface area contributed by atoms with E-state index in [0.717, 1.165) is 22.6 Å². The van der Waals surface area contributed by atoms with Crippen molar-refractivity contribution in [1.82, 2.24) is 14.7 Å². The summed E-state index contributed by atoms with van der Waals surface area (Å²) in [5.74, 6) is -0.0285. The van der Waals surface area contributed by atoms with Crippen molar-refractivity contribution < 1.29 is 4.79 Å². The van der Waals surface area contributed by atoms with Crippen LogP contribution < -0.4 is 5.32 Å². The number of aromatic nitrogens is 2. The first-order chi connectivity index (χ1) is 11.9. The van der Waals surface area contributed by atoms with Gasteiger partial charge in [0.15, 0.2) is 0 Å². The first kappa shape index (κ1) is 18.5. The second-order valence-corrected chi connectivity index (χ2v) is 6.32. The number of nitrogens with one attached hydrogen (secondary N) is 1. The van der Waals surface area contributed by atoms with E-state index in [0.29, 0.717) is 19.5 Å². The Morgan fingerprint density at radius 2 is 2.16 bits per heavy atom. The molecule has 132 valence electrons. The van der Waals surface area contributed by atoms with Gasteiger partial charge in [-0.2, -0.15) is 10.4 Å². The fraction of sp³-hybridized carbons (Fsp3) is 0.421. The molecule has 1 aromatic heterocycles. The summed E-state index contributed by atoms with van der Waals surface area (Å²) >= 11 is 0. The summed E-state index contributed by atoms with van der Waals surface area (Å²) in [7, 11) is 1.72. The number of carbonyl (C=O) groups excluding carboxylic acids is 1. The summed E-state index contributed by atoms with van der Waals surface area (Å²) in [5.41, 5.74) is 4.15. The first-order valence-corrected chi connectivity index (χ1v) is 8.39. The Kier molecular flexibility index (Phi) is 6.18. The molecule has 0 aliphatic rings. The van der Waals surface area contributed by atoms with E-state index in [-0.39, 0.29) is 11.9 Å². The second-order valence-electron chi connectivity index (χ2n) is 6.32. The maximum absolute atomic E-state index is 12.3. The van der Waals surface area contributed by atoms with Gasteiger partial charge in [0.1, 0.15) is 6.04 Å². The highest BCUT2D eigenvalue weighted by Crippen LogP contribution is 2.15. The van der Waals surface area contributed by atoms with Crippen LogP contribution in [0, 0.1) is 25.2 Å². The lowest BCUT2D eigenvalue weighted by Gasteiger charge is -2.22. The Bertz CT molecular complexity index is 774. The molecule has 1 amide bonds. The molecule has 25 heavy (non-hydrogen) atoms. The van der Waals surface area contributed by atoms with Crippen molar-refractivity contribution in [2.24, 2.45) is 0 Å². The van der Waals surface area contributed by atoms with Crippen molar-refractivity contribution in [3.63, 3.8) is 0 Å². The molecule has 1 atom stereocenters. The molecule has 0 saturated heterocycles. The molecule has 0 radical (unpaired) electrons. The van der Waals surface area contributed by atoms with E-state index in [1.54, 1.807) is 11.9 Å². The number of carbonyl (C=O) groups is 1. The number of nitrogens with zero attached hydrogens (tertiary/aromatic N) is 4. The van der Waals surface area contributed by atoms with Crippen LogP contribution in [0.4, 0.5) is 5.69 Å². The van der Waals surface area contributed by atoms with Crippen LogP contribution in [-0.4, -0.2) is 40.2 Å². The minimum Gasteiger partial charge on any atom is -0.374 e. The topological polar surface area (TPSA) is 74.0 Å². The number of aryl methyl sites for hydroxylation is 2. The standard InChI is InChI=1S/C19H25N5O/c1-14-11-15(2)24(22-14)13-17-7-5-8-18(12-17)21-16(3)19(25)23(4)10-6-9-20/h5,7-8,11-12,16,21H,6,10,13H2,1-4H3/t16-/m1/s1. The average molecular weight is 339 g/mol. The largest absolute Gasteiger partial charge is 0.374 e. The lowest BCUT2D eigenvalue weighted by Crippen LogP contribution is -2.39. The molecule has 0 spiro atoms. The van der Waals surface area contributed by atoms with Crippen LogP contribution in [0.2, 0.25) is 0 Å². The Morgan fingerprint density at radius 1 is 1.40 bits per heavy atom. The maximum atomic E-state index is 12.3. The lowest BCUT2D eigenvalue weighted by molar-refractivity contribution is -0.130. The third-order valence-electron chi connectivity index (χ3n) is 4.05. The van der Waals surface area contributed by atoms with Gasteiger partial charge in [0, 0.05) is 25.0 Å². The van der Waals surface area contributed by atoms with E-state index < -0.39 is 0 Å². The minimum atomic E-state index is -0.354. The molecule has 0 fully saturated rings. The van der Waals surface area contributed by atoms with Gasteiger partial charge in [-0.1, -0.05) is 12.1 Å². The van der Waals surface area contributed by atoms with Crippen LogP contribution in [0.3, 0.4) is 0 Å². The highest BCUT2D eigenvalue weighted by molar-refractivity contribution is 5.84. The number of amides is 1. The number of hydrogen-bond acceptors (Lipinski definition) is 4. The summed E-state index contributed by atoms with van der Waals surface area (Å²) in [6.45, 7) is 7.00. The molecule has 0 unspecified atom stereocenters. The van der Waals surface area contributed by atoms with Crippen molar-refractivity contribution in [3.8, 4) is 6.07 Å². The Balaban J connectivity index is 2.02. The van der Waals surface area contributed by atoms with Gasteiger partial charge < -0.3 is 10.2 Å². The van der Waals surface area contributed by atoms with Crippen LogP contribution in [0.1, 0.15) is 30.3 Å². The highest BCUT2D eigenvalue weighted by atomic mass is 16.2. The van der Waals surface area contributed by atoms with E-state index >= 15 is 0 Å². The molecule has 0 bridgehead atoms. The Hall–Kier alpha value is -2.81. The van der Waals surface area contributed by atoms with E-state index in [2.05, 4.69) is 22.6 Å². The molecular formula is C19H25N5O. The minimum absolute atomic E-state index is 0.0285. The van der Waals surface area contributed by atoms with Crippen LogP contribution in [0.15, 0.2) is 30.3 Å². The molecule has 0 aliphatic heterocycles. The van der Waals surface area contributed by atoms with E-state index in [1.807, 2.05) is 49.7 Å². The first-order valence-electron chi connectivity index (χ1n) is 8.39. The summed E-state index contributed by atoms with van der Waals surface area (Å²) in [6.07, 6.45) is 0.340. The highest BCUT2D eigenvalue weighted by Gasteiger charge is 2.17. The van der Waals surface area contributed by atoms with Crippen molar-refractivity contribution in [1.29, 1.82) is 5.26 Å². The quantitative estimate of drug-likeness (QED) is 0.842. The maximum Gasteiger partial charge on any atom is 0.244 e. The number of rotatable bonds is 7. The van der Waals surface area contributed by atoms with Gasteiger partial charge in [0.2, 0.25) is 5.91 Å². The summed E-state index contributed by atoms with van der Waals surface area (Å²) in [5, 5.41) is 16.4. The second kappa shape index (κ2) is 8.34. The van der Waals surface area contributed by atoms with E-state index in [9.17, 15) is 4.79 Å². The number of hydrogen-bond donors (Lipinski definition) is 1. The van der Waals surface area contributed by atoms with Crippen molar-refractivity contribution >= 4 is 11.6 Å². The van der Waals surface area contributed by atoms with Gasteiger partial charge in [-0.3, -0.25) is 9.48 Å². The van der Waals surface area contributed by atoms with E-state index in [4.69, 9.17) is 5.26 Å². The zero-order valence-corrected chi connectivity index (χ0v) is 15.3. The van der Waals surface area contributed by atoms with Gasteiger partial charge in [-0.15, -0.1) is 0 Å². The van der Waals surface area contributed by atoms with Crippen molar-refractivity contribution in [2.45, 2.75) is 39.8 Å². The molecule has 1 N–H and O–H groups in total. The predicted octanol–water partition coefficient (Wildman–Crippen LogP) is 2.72. The summed E-state index contributed by atoms with van der Waals surface area (Å²) in [4.78, 5) is 13.9. The van der Waals surface area contributed by atoms with Crippen LogP contribution in [-0.2, 0) is 11.3 Å². The fourth-order valence-corrected chi connectivity index (χ4v) is 2.74. The molecule has 0 saturated carbocycles. The van der Waals surface area contributed by atoms with Crippen molar-refractivity contribution in [3.05, 3.63) is 47.3 Å². The van der Waals surface area contributed by atoms with Crippen LogP contribution >= 0.6 is 0 Å². The Morgan fingerprint density at radius 3 is 2.80 bits per heavy atom. The van der Waals surface area contributed by atoms with Gasteiger partial charge >= 0.3 is 0 Å². The number of benzene rings is 1. The summed E-state index contributed by atoms with van der Waals surface area (Å²) < 4.78 is 1.97. The normalized spacial score (nSPS) is 11.6. The molecule has 1 aromatic carbocycles. The zero-order chi connectivity index (χ0) is 18.4. The fourth-order valence-electron chi connectivity index (χ4n) is 2.74. The monoisotopic (exact) mass is 339 g/mol. The molecule has 2 rings (SSSR count). The SMILES string of the molecule is Cc1cc(C)n(Cc2cccc(N[C@H](C)C(=O)N(C)CCC#N)c2)n1. The predicted molar refractivity (Wildman–Crippen MR) is 98.2 cm³/mol. The van der Waals surface area contributed by atoms with Gasteiger partial charge in [-0.05, 0) is 44.5 Å². The molecular weight excluding hydrogens is 314 g/mol. The van der Waals surface area contributed by atoms with Gasteiger partial charge in [0.25, 0.3) is 0 Å². The third kappa shape index (κ3) is 5.08. The lowest BCUT2D eigenvalue weighted by atomic mass is 10.1. The molecule has 1 heterocycles. The summed E-state index contributed by atoms with van der Waals surface area (Å²) in [6, 6.07) is 11.8. The molecule has 0 aliphatic carbocycles. The average Bonchev–Trinajstić information content (AvgIpc) is 2.89. The molecule has 6 nitrogen and oxygen atoms in total. The number of nitriles is 1. The zero-order valence-electron chi connectivity index (χ0n) is 15.3. The third-order valence-corrected chi connectivity index (χ3v) is 4.05.